The van der Waals surface area contributed by atoms with Gasteiger partial charge in [-0.1, -0.05) is 23.7 Å². The molecule has 4 heterocycles. The van der Waals surface area contributed by atoms with Gasteiger partial charge in [0.15, 0.2) is 11.5 Å². The van der Waals surface area contributed by atoms with E-state index in [4.69, 9.17) is 30.8 Å². The number of nitrogens with zero attached hydrogens (tertiary/aromatic N) is 3. The van der Waals surface area contributed by atoms with E-state index in [2.05, 4.69) is 15.5 Å². The Labute approximate surface area is 253 Å². The van der Waals surface area contributed by atoms with E-state index in [9.17, 15) is 14.3 Å². The molecule has 3 aromatic carbocycles. The summed E-state index contributed by atoms with van der Waals surface area (Å²) in [5.74, 6) is -0.235. The van der Waals surface area contributed by atoms with Gasteiger partial charge >= 0.3 is 5.97 Å². The molecule has 2 fully saturated rings. The highest BCUT2D eigenvalue weighted by Gasteiger charge is 2.43. The Balaban J connectivity index is 1.08. The van der Waals surface area contributed by atoms with Gasteiger partial charge in [-0.15, -0.1) is 0 Å². The van der Waals surface area contributed by atoms with Crippen molar-refractivity contribution in [3.05, 3.63) is 88.0 Å². The zero-order chi connectivity index (χ0) is 29.7. The second-order valence-corrected chi connectivity index (χ2v) is 12.2. The van der Waals surface area contributed by atoms with Gasteiger partial charge in [-0.25, -0.2) is 14.2 Å². The highest BCUT2D eigenvalue weighted by molar-refractivity contribution is 6.30. The quantitative estimate of drug-likeness (QED) is 0.250. The van der Waals surface area contributed by atoms with Gasteiger partial charge < -0.3 is 23.9 Å². The summed E-state index contributed by atoms with van der Waals surface area (Å²) in [6.07, 6.45) is 3.96. The Morgan fingerprint density at radius 2 is 1.95 bits per heavy atom. The van der Waals surface area contributed by atoms with Crippen molar-refractivity contribution in [2.75, 3.05) is 19.7 Å². The first-order chi connectivity index (χ1) is 20.8. The number of imidazole rings is 1. The van der Waals surface area contributed by atoms with Gasteiger partial charge in [-0.3, -0.25) is 4.90 Å². The van der Waals surface area contributed by atoms with E-state index >= 15 is 0 Å². The van der Waals surface area contributed by atoms with Crippen molar-refractivity contribution in [2.24, 2.45) is 0 Å². The van der Waals surface area contributed by atoms with Crippen LogP contribution < -0.4 is 9.47 Å². The number of rotatable bonds is 7. The molecule has 1 aromatic heterocycles. The summed E-state index contributed by atoms with van der Waals surface area (Å²) in [7, 11) is 0. The maximum atomic E-state index is 14.8. The van der Waals surface area contributed by atoms with Crippen LogP contribution in [0.4, 0.5) is 4.39 Å². The molecule has 43 heavy (non-hydrogen) atoms. The molecule has 3 aliphatic heterocycles. The fourth-order valence-electron chi connectivity index (χ4n) is 6.66. The van der Waals surface area contributed by atoms with Crippen LogP contribution in [0.15, 0.2) is 54.6 Å². The number of carbonyl (C=O) groups is 1. The zero-order valence-corrected chi connectivity index (χ0v) is 24.6. The van der Waals surface area contributed by atoms with Crippen LogP contribution in [0.25, 0.3) is 11.0 Å². The van der Waals surface area contributed by atoms with Crippen molar-refractivity contribution in [3.8, 4) is 11.5 Å². The number of hydrogen-bond acceptors (Lipinski definition) is 6. The number of para-hydroxylation sites is 1. The Morgan fingerprint density at radius 1 is 1.12 bits per heavy atom. The molecule has 0 aliphatic carbocycles. The van der Waals surface area contributed by atoms with Crippen LogP contribution in [0.2, 0.25) is 5.02 Å². The lowest BCUT2D eigenvalue weighted by Crippen LogP contribution is -2.34. The van der Waals surface area contributed by atoms with Crippen LogP contribution in [0.1, 0.15) is 65.8 Å². The predicted octanol–water partition coefficient (Wildman–Crippen LogP) is 6.73. The van der Waals surface area contributed by atoms with Crippen molar-refractivity contribution in [2.45, 2.75) is 63.5 Å². The van der Waals surface area contributed by atoms with Crippen molar-refractivity contribution < 1.29 is 28.5 Å². The van der Waals surface area contributed by atoms with Crippen LogP contribution in [0.3, 0.4) is 0 Å². The number of aromatic carboxylic acids is 1. The van der Waals surface area contributed by atoms with Gasteiger partial charge in [0, 0.05) is 24.1 Å². The lowest BCUT2D eigenvalue weighted by Gasteiger charge is -2.32. The monoisotopic (exact) mass is 605 g/mol. The van der Waals surface area contributed by atoms with Gasteiger partial charge in [0.1, 0.15) is 11.6 Å². The Bertz CT molecular complexity index is 1700. The molecule has 2 saturated heterocycles. The fourth-order valence-corrected chi connectivity index (χ4v) is 6.82. The number of fused-ring (bicyclic) bond motifs is 2. The zero-order valence-electron chi connectivity index (χ0n) is 23.9. The Kier molecular flexibility index (Phi) is 7.27. The highest BCUT2D eigenvalue weighted by Crippen LogP contribution is 2.50. The predicted molar refractivity (Wildman–Crippen MR) is 159 cm³/mol. The summed E-state index contributed by atoms with van der Waals surface area (Å²) in [5, 5.41) is 9.89. The van der Waals surface area contributed by atoms with Crippen molar-refractivity contribution >= 4 is 28.6 Å². The number of hydrogen-bond donors (Lipinski definition) is 1. The molecule has 7 rings (SSSR count). The van der Waals surface area contributed by atoms with E-state index in [0.29, 0.717) is 35.2 Å². The molecule has 224 valence electrons. The molecule has 1 N–H and O–H groups in total. The number of carboxylic acid groups (broad SMARTS) is 1. The Morgan fingerprint density at radius 3 is 2.70 bits per heavy atom. The molecule has 1 unspecified atom stereocenters. The van der Waals surface area contributed by atoms with Crippen LogP contribution in [0.5, 0.6) is 11.5 Å². The third-order valence-corrected chi connectivity index (χ3v) is 9.14. The molecule has 2 atom stereocenters. The van der Waals surface area contributed by atoms with Crippen LogP contribution in [0, 0.1) is 5.82 Å². The third kappa shape index (κ3) is 5.34. The number of aromatic nitrogens is 2. The molecule has 8 nitrogen and oxygen atoms in total. The first-order valence-electron chi connectivity index (χ1n) is 14.8. The van der Waals surface area contributed by atoms with E-state index in [1.807, 2.05) is 12.1 Å². The lowest BCUT2D eigenvalue weighted by molar-refractivity contribution is -0.0712. The van der Waals surface area contributed by atoms with Gasteiger partial charge in [-0.2, -0.15) is 0 Å². The number of ether oxygens (including phenoxy) is 3. The molecule has 0 spiro atoms. The summed E-state index contributed by atoms with van der Waals surface area (Å²) in [5.41, 5.74) is 3.25. The van der Waals surface area contributed by atoms with E-state index in [0.717, 1.165) is 67.8 Å². The lowest BCUT2D eigenvalue weighted by atomic mass is 9.88. The second-order valence-electron chi connectivity index (χ2n) is 11.8. The van der Waals surface area contributed by atoms with Crippen LogP contribution in [-0.2, 0) is 23.6 Å². The minimum atomic E-state index is -1.28. The normalized spacial score (nSPS) is 22.4. The van der Waals surface area contributed by atoms with Gasteiger partial charge in [0.25, 0.3) is 5.79 Å². The van der Waals surface area contributed by atoms with Crippen LogP contribution in [-0.4, -0.2) is 51.3 Å². The SMILES string of the molecule is CC1(c2ccc(Cl)cc2F)Oc2cccc(C3CCN(Cc4nc5ccc(C(=O)O)cc5n4C[C@@H]4CCCO4)CC3)c2O1. The minimum absolute atomic E-state index is 0.102. The smallest absolute Gasteiger partial charge is 0.335 e. The van der Waals surface area contributed by atoms with E-state index in [1.54, 1.807) is 37.3 Å². The summed E-state index contributed by atoms with van der Waals surface area (Å²) in [4.78, 5) is 19.0. The second kappa shape index (κ2) is 11.1. The topological polar surface area (TPSA) is 86.1 Å². The summed E-state index contributed by atoms with van der Waals surface area (Å²) in [6.45, 7) is 5.53. The van der Waals surface area contributed by atoms with Crippen molar-refractivity contribution in [3.63, 3.8) is 0 Å². The summed E-state index contributed by atoms with van der Waals surface area (Å²) < 4.78 is 35.4. The first-order valence-corrected chi connectivity index (χ1v) is 15.2. The summed E-state index contributed by atoms with van der Waals surface area (Å²) >= 11 is 5.97. The minimum Gasteiger partial charge on any atom is -0.478 e. The van der Waals surface area contributed by atoms with Crippen LogP contribution >= 0.6 is 11.6 Å². The van der Waals surface area contributed by atoms with E-state index in [-0.39, 0.29) is 17.6 Å². The molecular weight excluding hydrogens is 573 g/mol. The third-order valence-electron chi connectivity index (χ3n) is 8.91. The van der Waals surface area contributed by atoms with E-state index < -0.39 is 17.6 Å². The summed E-state index contributed by atoms with van der Waals surface area (Å²) in [6, 6.07) is 15.5. The maximum absolute atomic E-state index is 14.8. The molecule has 3 aliphatic rings. The number of likely N-dealkylation sites (tertiary alicyclic amines) is 1. The number of benzene rings is 3. The molecule has 0 bridgehead atoms. The number of halogens is 2. The standard InChI is InChI=1S/C33H33ClFN3O5/c1-33(25-9-8-22(34)17-26(25)35)42-29-6-2-5-24(31(29)43-33)20-11-13-37(14-12-20)19-30-36-27-10-7-21(32(39)40)16-28(27)38(30)18-23-4-3-15-41-23/h2,5-10,16-17,20,23H,3-4,11-15,18-19H2,1H3,(H,39,40)/t23-,33?/m0/s1. The molecule has 10 heteroatoms. The average Bonchev–Trinajstić information content (AvgIpc) is 3.71. The van der Waals surface area contributed by atoms with Gasteiger partial charge in [0.05, 0.1) is 41.4 Å². The molecule has 0 radical (unpaired) electrons. The first kappa shape index (κ1) is 28.1. The number of carboxylic acids is 1. The highest BCUT2D eigenvalue weighted by atomic mass is 35.5. The molecule has 4 aromatic rings. The van der Waals surface area contributed by atoms with Crippen molar-refractivity contribution in [1.29, 1.82) is 0 Å². The molecule has 0 amide bonds. The van der Waals surface area contributed by atoms with Gasteiger partial charge in [-0.05, 0) is 87.2 Å². The Hall–Kier alpha value is -3.66. The molecule has 0 saturated carbocycles. The largest absolute Gasteiger partial charge is 0.478 e. The fraction of sp³-hybridized carbons (Fsp3) is 0.394. The van der Waals surface area contributed by atoms with E-state index in [1.165, 1.54) is 6.07 Å². The maximum Gasteiger partial charge on any atom is 0.335 e. The van der Waals surface area contributed by atoms with Gasteiger partial charge in [0.2, 0.25) is 0 Å². The van der Waals surface area contributed by atoms with Crippen molar-refractivity contribution in [1.82, 2.24) is 14.5 Å². The molecular formula is C33H33ClFN3O5. The number of piperidine rings is 1. The average molecular weight is 606 g/mol.